The van der Waals surface area contributed by atoms with E-state index >= 15 is 0 Å². The van der Waals surface area contributed by atoms with Crippen molar-refractivity contribution in [1.29, 1.82) is 0 Å². The van der Waals surface area contributed by atoms with E-state index in [-0.39, 0.29) is 11.8 Å². The average Bonchev–Trinajstić information content (AvgIpc) is 2.68. The first-order valence-corrected chi connectivity index (χ1v) is 8.84. The summed E-state index contributed by atoms with van der Waals surface area (Å²) in [5, 5.41) is 2.85. The number of carbonyl (C=O) groups is 2. The smallest absolute Gasteiger partial charge is 0.257 e. The van der Waals surface area contributed by atoms with Crippen LogP contribution < -0.4 is 10.1 Å². The second-order valence-electron chi connectivity index (χ2n) is 5.65. The van der Waals surface area contributed by atoms with Gasteiger partial charge in [0, 0.05) is 31.4 Å². The zero-order valence-electron chi connectivity index (χ0n) is 15.5. The van der Waals surface area contributed by atoms with Gasteiger partial charge in [0.2, 0.25) is 5.88 Å². The molecule has 0 aliphatic rings. The lowest BCUT2D eigenvalue weighted by atomic mass is 10.1. The molecule has 1 aromatic carbocycles. The highest BCUT2D eigenvalue weighted by molar-refractivity contribution is 5.96. The molecule has 0 fully saturated rings. The average molecular weight is 355 g/mol. The fourth-order valence-electron chi connectivity index (χ4n) is 2.55. The number of amides is 2. The number of rotatable bonds is 8. The number of nitrogens with one attached hydrogen (secondary N) is 1. The summed E-state index contributed by atoms with van der Waals surface area (Å²) in [6.45, 7) is 7.93. The quantitative estimate of drug-likeness (QED) is 0.790. The van der Waals surface area contributed by atoms with Gasteiger partial charge in [0.25, 0.3) is 11.8 Å². The van der Waals surface area contributed by atoms with Crippen molar-refractivity contribution in [3.05, 3.63) is 59.3 Å². The minimum Gasteiger partial charge on any atom is -0.477 e. The first-order chi connectivity index (χ1) is 12.6. The van der Waals surface area contributed by atoms with Crippen molar-refractivity contribution in [2.45, 2.75) is 27.3 Å². The number of benzene rings is 1. The van der Waals surface area contributed by atoms with Gasteiger partial charge >= 0.3 is 0 Å². The second kappa shape index (κ2) is 9.56. The summed E-state index contributed by atoms with van der Waals surface area (Å²) in [5.74, 6) is 0.0970. The second-order valence-corrected chi connectivity index (χ2v) is 5.65. The Morgan fingerprint density at radius 3 is 2.38 bits per heavy atom. The Morgan fingerprint density at radius 2 is 1.77 bits per heavy atom. The molecule has 0 radical (unpaired) electrons. The van der Waals surface area contributed by atoms with Crippen LogP contribution in [0.15, 0.2) is 42.6 Å². The Balaban J connectivity index is 2.00. The molecule has 0 spiro atoms. The van der Waals surface area contributed by atoms with E-state index < -0.39 is 0 Å². The third-order valence-electron chi connectivity index (χ3n) is 4.00. The first-order valence-electron chi connectivity index (χ1n) is 8.84. The van der Waals surface area contributed by atoms with Gasteiger partial charge in [0.1, 0.15) is 5.56 Å². The maximum absolute atomic E-state index is 12.4. The number of nitrogens with zero attached hydrogens (tertiary/aromatic N) is 2. The van der Waals surface area contributed by atoms with Crippen LogP contribution in [0.5, 0.6) is 5.88 Å². The lowest BCUT2D eigenvalue weighted by Crippen LogP contribution is -2.30. The third-order valence-corrected chi connectivity index (χ3v) is 4.00. The van der Waals surface area contributed by atoms with Crippen LogP contribution in [0.4, 0.5) is 0 Å². The van der Waals surface area contributed by atoms with Crippen LogP contribution in [0, 0.1) is 0 Å². The fourth-order valence-corrected chi connectivity index (χ4v) is 2.55. The maximum Gasteiger partial charge on any atom is 0.257 e. The summed E-state index contributed by atoms with van der Waals surface area (Å²) in [6, 6.07) is 10.7. The highest BCUT2D eigenvalue weighted by Gasteiger charge is 2.14. The van der Waals surface area contributed by atoms with Crippen molar-refractivity contribution in [3.8, 4) is 5.88 Å². The summed E-state index contributed by atoms with van der Waals surface area (Å²) in [6.07, 6.45) is 1.59. The summed E-state index contributed by atoms with van der Waals surface area (Å²) in [4.78, 5) is 30.5. The number of carbonyl (C=O) groups excluding carboxylic acids is 2. The monoisotopic (exact) mass is 355 g/mol. The molecule has 2 rings (SSSR count). The molecule has 2 aromatic rings. The van der Waals surface area contributed by atoms with E-state index in [2.05, 4.69) is 10.3 Å². The van der Waals surface area contributed by atoms with Crippen molar-refractivity contribution < 1.29 is 14.3 Å². The molecule has 138 valence electrons. The molecule has 26 heavy (non-hydrogen) atoms. The normalized spacial score (nSPS) is 10.3. The van der Waals surface area contributed by atoms with E-state index in [1.54, 1.807) is 35.4 Å². The zero-order valence-corrected chi connectivity index (χ0v) is 15.5. The van der Waals surface area contributed by atoms with Gasteiger partial charge in [0.05, 0.1) is 6.61 Å². The molecular weight excluding hydrogens is 330 g/mol. The minimum atomic E-state index is -0.246. The number of pyridine rings is 1. The predicted octanol–water partition coefficient (Wildman–Crippen LogP) is 2.89. The van der Waals surface area contributed by atoms with Crippen molar-refractivity contribution in [2.75, 3.05) is 19.7 Å². The Bertz CT molecular complexity index is 740. The summed E-state index contributed by atoms with van der Waals surface area (Å²) < 4.78 is 5.38. The van der Waals surface area contributed by atoms with Gasteiger partial charge in [-0.3, -0.25) is 9.59 Å². The Morgan fingerprint density at radius 1 is 1.08 bits per heavy atom. The van der Waals surface area contributed by atoms with Crippen molar-refractivity contribution in [2.24, 2.45) is 0 Å². The van der Waals surface area contributed by atoms with Crippen molar-refractivity contribution >= 4 is 11.8 Å². The molecule has 1 N–H and O–H groups in total. The number of hydrogen-bond donors (Lipinski definition) is 1. The maximum atomic E-state index is 12.4. The van der Waals surface area contributed by atoms with Gasteiger partial charge in [-0.2, -0.15) is 0 Å². The summed E-state index contributed by atoms with van der Waals surface area (Å²) >= 11 is 0. The molecule has 6 nitrogen and oxygen atoms in total. The van der Waals surface area contributed by atoms with Crippen LogP contribution >= 0.6 is 0 Å². The van der Waals surface area contributed by atoms with Crippen LogP contribution in [0.1, 0.15) is 47.1 Å². The van der Waals surface area contributed by atoms with Crippen LogP contribution in [0.2, 0.25) is 0 Å². The lowest BCUT2D eigenvalue weighted by molar-refractivity contribution is 0.0772. The fraction of sp³-hybridized carbons (Fsp3) is 0.350. The molecule has 1 aromatic heterocycles. The van der Waals surface area contributed by atoms with Crippen LogP contribution in [-0.4, -0.2) is 41.4 Å². The van der Waals surface area contributed by atoms with Gasteiger partial charge in [0.15, 0.2) is 0 Å². The van der Waals surface area contributed by atoms with E-state index in [4.69, 9.17) is 4.74 Å². The Kier molecular flexibility index (Phi) is 7.14. The molecule has 2 amide bonds. The number of ether oxygens (including phenoxy) is 1. The van der Waals surface area contributed by atoms with Gasteiger partial charge in [-0.05, 0) is 50.6 Å². The van der Waals surface area contributed by atoms with Crippen molar-refractivity contribution in [3.63, 3.8) is 0 Å². The van der Waals surface area contributed by atoms with Gasteiger partial charge < -0.3 is 15.0 Å². The molecule has 0 aliphatic carbocycles. The highest BCUT2D eigenvalue weighted by atomic mass is 16.5. The molecule has 0 unspecified atom stereocenters. The first kappa shape index (κ1) is 19.4. The molecule has 0 bridgehead atoms. The van der Waals surface area contributed by atoms with E-state index in [1.165, 1.54) is 0 Å². The van der Waals surface area contributed by atoms with Gasteiger partial charge in [-0.15, -0.1) is 0 Å². The highest BCUT2D eigenvalue weighted by Crippen LogP contribution is 2.14. The molecule has 0 atom stereocenters. The SMILES string of the molecule is CCOc1ncccc1C(=O)NCc1ccc(C(=O)N(CC)CC)cc1. The standard InChI is InChI=1S/C20H25N3O3/c1-4-23(5-2)20(25)16-11-9-15(10-12-16)14-22-18(24)17-8-7-13-21-19(17)26-6-3/h7-13H,4-6,14H2,1-3H3,(H,22,24). The van der Waals surface area contributed by atoms with Gasteiger partial charge in [-0.1, -0.05) is 12.1 Å². The van der Waals surface area contributed by atoms with E-state index in [9.17, 15) is 9.59 Å². The minimum absolute atomic E-state index is 0.0160. The molecule has 6 heteroatoms. The Labute approximate surface area is 154 Å². The van der Waals surface area contributed by atoms with E-state index in [0.29, 0.717) is 43.2 Å². The number of aromatic nitrogens is 1. The van der Waals surface area contributed by atoms with Gasteiger partial charge in [-0.25, -0.2) is 4.98 Å². The molecule has 0 saturated heterocycles. The van der Waals surface area contributed by atoms with E-state index in [0.717, 1.165) is 5.56 Å². The van der Waals surface area contributed by atoms with Crippen LogP contribution in [0.3, 0.4) is 0 Å². The zero-order chi connectivity index (χ0) is 18.9. The molecular formula is C20H25N3O3. The predicted molar refractivity (Wildman–Crippen MR) is 100 cm³/mol. The largest absolute Gasteiger partial charge is 0.477 e. The Hall–Kier alpha value is -2.89. The summed E-state index contributed by atoms with van der Waals surface area (Å²) in [5.41, 5.74) is 1.97. The van der Waals surface area contributed by atoms with E-state index in [1.807, 2.05) is 32.9 Å². The molecule has 0 aliphatic heterocycles. The van der Waals surface area contributed by atoms with Crippen molar-refractivity contribution in [1.82, 2.24) is 15.2 Å². The third kappa shape index (κ3) is 4.81. The molecule has 1 heterocycles. The topological polar surface area (TPSA) is 71.5 Å². The van der Waals surface area contributed by atoms with Crippen LogP contribution in [-0.2, 0) is 6.54 Å². The molecule has 0 saturated carbocycles. The van der Waals surface area contributed by atoms with Crippen LogP contribution in [0.25, 0.3) is 0 Å². The lowest BCUT2D eigenvalue weighted by Gasteiger charge is -2.18. The number of hydrogen-bond acceptors (Lipinski definition) is 4. The summed E-state index contributed by atoms with van der Waals surface area (Å²) in [7, 11) is 0.